The first-order chi connectivity index (χ1) is 17.1. The molecule has 0 saturated carbocycles. The van der Waals surface area contributed by atoms with E-state index in [-0.39, 0.29) is 0 Å². The third-order valence-electron chi connectivity index (χ3n) is 5.37. The Morgan fingerprint density at radius 3 is 2.40 bits per heavy atom. The number of methoxy groups -OCH3 is 1. The summed E-state index contributed by atoms with van der Waals surface area (Å²) < 4.78 is 5.28. The number of anilines is 1. The van der Waals surface area contributed by atoms with E-state index in [0.29, 0.717) is 27.9 Å². The van der Waals surface area contributed by atoms with Crippen LogP contribution in [0.15, 0.2) is 90.0 Å². The maximum absolute atomic E-state index is 10.6. The number of nitriles is 1. The monoisotopic (exact) mass is 501 g/mol. The van der Waals surface area contributed by atoms with Gasteiger partial charge in [0.25, 0.3) is 0 Å². The Morgan fingerprint density at radius 2 is 1.74 bits per heavy atom. The zero-order chi connectivity index (χ0) is 24.6. The maximum atomic E-state index is 10.6. The van der Waals surface area contributed by atoms with Gasteiger partial charge in [-0.25, -0.2) is 4.98 Å². The molecule has 0 saturated heterocycles. The number of nitrogens with one attached hydrogen (secondary N) is 1. The molecule has 0 fully saturated rings. The first-order valence-corrected chi connectivity index (χ1v) is 12.4. The predicted octanol–water partition coefficient (Wildman–Crippen LogP) is 6.51. The lowest BCUT2D eigenvalue weighted by Crippen LogP contribution is -2.22. The van der Waals surface area contributed by atoms with Crippen molar-refractivity contribution in [3.05, 3.63) is 95.5 Å². The van der Waals surface area contributed by atoms with E-state index >= 15 is 0 Å². The fraction of sp³-hybridized carbons (Fsp3) is 0.143. The third kappa shape index (κ3) is 6.34. The summed E-state index contributed by atoms with van der Waals surface area (Å²) in [6, 6.07) is 29.1. The highest BCUT2D eigenvalue weighted by molar-refractivity contribution is 7.99. The standard InChI is InChI=1S/C28H24ClN3O2S/c1-34-24-13-7-20(8-14-24)27-15-25(19-5-3-2-4-6-19)26(16-30)28(32-27)35-18-23(33)17-31-22-11-9-21(29)10-12-22/h2-15,23,31,33H,17-18H2,1H3. The molecule has 0 aliphatic heterocycles. The molecule has 0 amide bonds. The van der Waals surface area contributed by atoms with Crippen LogP contribution in [0, 0.1) is 11.3 Å². The first kappa shape index (κ1) is 24.6. The lowest BCUT2D eigenvalue weighted by atomic mass is 9.99. The zero-order valence-electron chi connectivity index (χ0n) is 19.1. The average molecular weight is 502 g/mol. The molecule has 7 heteroatoms. The van der Waals surface area contributed by atoms with E-state index in [1.165, 1.54) is 11.8 Å². The number of aliphatic hydroxyl groups is 1. The summed E-state index contributed by atoms with van der Waals surface area (Å²) in [4.78, 5) is 4.81. The van der Waals surface area contributed by atoms with E-state index < -0.39 is 6.10 Å². The fourth-order valence-corrected chi connectivity index (χ4v) is 4.58. The van der Waals surface area contributed by atoms with Gasteiger partial charge in [0.2, 0.25) is 0 Å². The van der Waals surface area contributed by atoms with Gasteiger partial charge in [0.05, 0.1) is 24.5 Å². The molecule has 176 valence electrons. The van der Waals surface area contributed by atoms with Crippen molar-refractivity contribution >= 4 is 29.1 Å². The van der Waals surface area contributed by atoms with E-state index in [0.717, 1.165) is 33.8 Å². The predicted molar refractivity (Wildman–Crippen MR) is 143 cm³/mol. The second kappa shape index (κ2) is 11.8. The van der Waals surface area contributed by atoms with Crippen molar-refractivity contribution in [1.82, 2.24) is 4.98 Å². The van der Waals surface area contributed by atoms with Crippen molar-refractivity contribution < 1.29 is 9.84 Å². The number of nitrogens with zero attached hydrogens (tertiary/aromatic N) is 2. The molecule has 2 N–H and O–H groups in total. The Bertz CT molecular complexity index is 1310. The van der Waals surface area contributed by atoms with Crippen molar-refractivity contribution in [3.8, 4) is 34.2 Å². The van der Waals surface area contributed by atoms with Crippen molar-refractivity contribution in [2.75, 3.05) is 24.7 Å². The maximum Gasteiger partial charge on any atom is 0.118 e. The summed E-state index contributed by atoms with van der Waals surface area (Å²) in [5.74, 6) is 1.14. The van der Waals surface area contributed by atoms with Gasteiger partial charge in [-0.2, -0.15) is 5.26 Å². The van der Waals surface area contributed by atoms with Gasteiger partial charge in [0, 0.05) is 34.1 Å². The van der Waals surface area contributed by atoms with E-state index in [1.807, 2.05) is 72.8 Å². The van der Waals surface area contributed by atoms with Gasteiger partial charge in [-0.05, 0) is 60.2 Å². The molecule has 0 radical (unpaired) electrons. The molecule has 1 heterocycles. The first-order valence-electron chi connectivity index (χ1n) is 11.0. The second-order valence-corrected chi connectivity index (χ2v) is 9.24. The molecule has 35 heavy (non-hydrogen) atoms. The molecular formula is C28H24ClN3O2S. The topological polar surface area (TPSA) is 78.2 Å². The van der Waals surface area contributed by atoms with Gasteiger partial charge in [-0.1, -0.05) is 41.9 Å². The Hall–Kier alpha value is -3.50. The Kier molecular flexibility index (Phi) is 8.27. The average Bonchev–Trinajstić information content (AvgIpc) is 2.91. The highest BCUT2D eigenvalue weighted by atomic mass is 35.5. The summed E-state index contributed by atoms with van der Waals surface area (Å²) in [5.41, 5.74) is 4.79. The number of aromatic nitrogens is 1. The van der Waals surface area contributed by atoms with Crippen LogP contribution in [0.1, 0.15) is 5.56 Å². The molecule has 4 rings (SSSR count). The number of aliphatic hydroxyl groups excluding tert-OH is 1. The van der Waals surface area contributed by atoms with Crippen LogP contribution in [0.3, 0.4) is 0 Å². The van der Waals surface area contributed by atoms with Crippen molar-refractivity contribution in [3.63, 3.8) is 0 Å². The van der Waals surface area contributed by atoms with Crippen LogP contribution >= 0.6 is 23.4 Å². The molecule has 1 unspecified atom stereocenters. The van der Waals surface area contributed by atoms with Gasteiger partial charge in [-0.3, -0.25) is 0 Å². The van der Waals surface area contributed by atoms with Gasteiger partial charge in [0.1, 0.15) is 16.8 Å². The highest BCUT2D eigenvalue weighted by Crippen LogP contribution is 2.34. The normalized spacial score (nSPS) is 11.5. The lowest BCUT2D eigenvalue weighted by molar-refractivity contribution is 0.213. The molecule has 1 atom stereocenters. The summed E-state index contributed by atoms with van der Waals surface area (Å²) >= 11 is 7.30. The Balaban J connectivity index is 1.60. The van der Waals surface area contributed by atoms with Gasteiger partial charge in [-0.15, -0.1) is 11.8 Å². The highest BCUT2D eigenvalue weighted by Gasteiger charge is 2.17. The van der Waals surface area contributed by atoms with Gasteiger partial charge < -0.3 is 15.2 Å². The lowest BCUT2D eigenvalue weighted by Gasteiger charge is -2.15. The molecule has 0 spiro atoms. The van der Waals surface area contributed by atoms with Crippen LogP contribution in [0.2, 0.25) is 5.02 Å². The van der Waals surface area contributed by atoms with Gasteiger partial charge >= 0.3 is 0 Å². The minimum atomic E-state index is -0.645. The minimum Gasteiger partial charge on any atom is -0.497 e. The van der Waals surface area contributed by atoms with Crippen LogP contribution in [-0.2, 0) is 0 Å². The number of benzene rings is 3. The molecule has 5 nitrogen and oxygen atoms in total. The number of hydrogen-bond donors (Lipinski definition) is 2. The van der Waals surface area contributed by atoms with Crippen molar-refractivity contribution in [2.45, 2.75) is 11.1 Å². The van der Waals surface area contributed by atoms with Crippen molar-refractivity contribution in [2.24, 2.45) is 0 Å². The van der Waals surface area contributed by atoms with Crippen LogP contribution in [0.5, 0.6) is 5.75 Å². The largest absolute Gasteiger partial charge is 0.497 e. The smallest absolute Gasteiger partial charge is 0.118 e. The van der Waals surface area contributed by atoms with E-state index in [4.69, 9.17) is 21.3 Å². The third-order valence-corrected chi connectivity index (χ3v) is 6.74. The van der Waals surface area contributed by atoms with Gasteiger partial charge in [0.15, 0.2) is 0 Å². The number of rotatable bonds is 9. The number of ether oxygens (including phenoxy) is 1. The summed E-state index contributed by atoms with van der Waals surface area (Å²) in [6.07, 6.45) is -0.645. The molecule has 3 aromatic carbocycles. The minimum absolute atomic E-state index is 0.361. The number of hydrogen-bond acceptors (Lipinski definition) is 6. The molecule has 4 aromatic rings. The van der Waals surface area contributed by atoms with E-state index in [1.54, 1.807) is 19.2 Å². The molecule has 0 aliphatic carbocycles. The molecular weight excluding hydrogens is 478 g/mol. The van der Waals surface area contributed by atoms with Crippen molar-refractivity contribution in [1.29, 1.82) is 5.26 Å². The Labute approximate surface area is 214 Å². The number of pyridine rings is 1. The van der Waals surface area contributed by atoms with Crippen LogP contribution in [0.4, 0.5) is 5.69 Å². The number of halogens is 1. The quantitative estimate of drug-likeness (QED) is 0.254. The van der Waals surface area contributed by atoms with E-state index in [2.05, 4.69) is 11.4 Å². The van der Waals surface area contributed by atoms with Crippen LogP contribution in [-0.4, -0.2) is 35.6 Å². The van der Waals surface area contributed by atoms with Crippen LogP contribution in [0.25, 0.3) is 22.4 Å². The van der Waals surface area contributed by atoms with E-state index in [9.17, 15) is 10.4 Å². The summed E-state index contributed by atoms with van der Waals surface area (Å²) in [6.45, 7) is 0.361. The SMILES string of the molecule is COc1ccc(-c2cc(-c3ccccc3)c(C#N)c(SCC(O)CNc3ccc(Cl)cc3)n2)cc1. The Morgan fingerprint density at radius 1 is 1.03 bits per heavy atom. The molecule has 1 aromatic heterocycles. The fourth-order valence-electron chi connectivity index (χ4n) is 3.53. The van der Waals surface area contributed by atoms with Crippen LogP contribution < -0.4 is 10.1 Å². The molecule has 0 aliphatic rings. The zero-order valence-corrected chi connectivity index (χ0v) is 20.7. The second-order valence-electron chi connectivity index (χ2n) is 7.79. The summed E-state index contributed by atoms with van der Waals surface area (Å²) in [7, 11) is 1.63. The number of thioether (sulfide) groups is 1. The molecule has 0 bridgehead atoms. The summed E-state index contributed by atoms with van der Waals surface area (Å²) in [5, 5.41) is 25.1.